The van der Waals surface area contributed by atoms with Crippen molar-refractivity contribution in [2.24, 2.45) is 5.92 Å². The van der Waals surface area contributed by atoms with Gasteiger partial charge < -0.3 is 20.3 Å². The number of likely N-dealkylation sites (tertiary alicyclic amines) is 1. The van der Waals surface area contributed by atoms with Crippen molar-refractivity contribution in [1.29, 1.82) is 0 Å². The molecule has 0 spiro atoms. The number of ether oxygens (including phenoxy) is 1. The van der Waals surface area contributed by atoms with E-state index in [1.165, 1.54) is 18.2 Å². The normalized spacial score (nSPS) is 13.8. The lowest BCUT2D eigenvalue weighted by Crippen LogP contribution is -2.44. The molecule has 1 aliphatic heterocycles. The van der Waals surface area contributed by atoms with Crippen LogP contribution in [0.15, 0.2) is 48.5 Å². The summed E-state index contributed by atoms with van der Waals surface area (Å²) in [7, 11) is 0. The van der Waals surface area contributed by atoms with Crippen LogP contribution in [0.4, 0.5) is 11.4 Å². The number of benzene rings is 2. The van der Waals surface area contributed by atoms with Crippen molar-refractivity contribution in [1.82, 2.24) is 10.2 Å². The minimum atomic E-state index is -0.836. The number of nitro groups is 1. The summed E-state index contributed by atoms with van der Waals surface area (Å²) in [6, 6.07) is 13.1. The zero-order valence-corrected chi connectivity index (χ0v) is 18.3. The topological polar surface area (TPSA) is 131 Å². The molecular formula is C23H26N4O6. The molecule has 10 nitrogen and oxygen atoms in total. The molecule has 0 aromatic heterocycles. The van der Waals surface area contributed by atoms with Crippen molar-refractivity contribution in [3.8, 4) is 5.75 Å². The van der Waals surface area contributed by atoms with Crippen LogP contribution < -0.4 is 15.4 Å². The van der Waals surface area contributed by atoms with Crippen LogP contribution in [-0.2, 0) is 14.4 Å². The summed E-state index contributed by atoms with van der Waals surface area (Å²) in [6.45, 7) is 3.04. The first-order chi connectivity index (χ1) is 15.8. The molecular weight excluding hydrogens is 428 g/mol. The first kappa shape index (κ1) is 23.7. The Bertz CT molecular complexity index is 1020. The van der Waals surface area contributed by atoms with E-state index in [4.69, 9.17) is 4.74 Å². The number of anilines is 1. The van der Waals surface area contributed by atoms with Crippen LogP contribution in [0.5, 0.6) is 5.75 Å². The monoisotopic (exact) mass is 454 g/mol. The summed E-state index contributed by atoms with van der Waals surface area (Å²) >= 11 is 0. The quantitative estimate of drug-likeness (QED) is 0.375. The Kier molecular flexibility index (Phi) is 7.96. The van der Waals surface area contributed by atoms with Crippen molar-refractivity contribution < 1.29 is 24.0 Å². The second kappa shape index (κ2) is 11.1. The Morgan fingerprint density at radius 2 is 1.79 bits per heavy atom. The number of aryl methyl sites for hydroxylation is 1. The molecule has 174 valence electrons. The van der Waals surface area contributed by atoms with Gasteiger partial charge >= 0.3 is 11.8 Å². The first-order valence-electron chi connectivity index (χ1n) is 10.6. The molecule has 33 heavy (non-hydrogen) atoms. The highest BCUT2D eigenvalue weighted by molar-refractivity contribution is 6.39. The number of carbonyl (C=O) groups excluding carboxylic acids is 3. The summed E-state index contributed by atoms with van der Waals surface area (Å²) < 4.78 is 5.50. The molecule has 0 unspecified atom stereocenters. The van der Waals surface area contributed by atoms with Gasteiger partial charge in [0.2, 0.25) is 0 Å². The number of nitrogens with zero attached hydrogens (tertiary/aromatic N) is 2. The van der Waals surface area contributed by atoms with E-state index in [2.05, 4.69) is 10.6 Å². The molecule has 0 aliphatic carbocycles. The molecule has 10 heteroatoms. The van der Waals surface area contributed by atoms with Crippen molar-refractivity contribution in [2.75, 3.05) is 31.6 Å². The molecule has 2 N–H and O–H groups in total. The van der Waals surface area contributed by atoms with E-state index in [1.807, 2.05) is 18.2 Å². The van der Waals surface area contributed by atoms with Crippen molar-refractivity contribution >= 4 is 29.1 Å². The van der Waals surface area contributed by atoms with Gasteiger partial charge in [0.25, 0.3) is 11.6 Å². The third-order valence-electron chi connectivity index (χ3n) is 5.50. The fraction of sp³-hybridized carbons (Fsp3) is 0.348. The molecule has 1 saturated heterocycles. The number of hydrogen-bond acceptors (Lipinski definition) is 6. The van der Waals surface area contributed by atoms with Crippen LogP contribution in [-0.4, -0.2) is 53.8 Å². The third kappa shape index (κ3) is 6.76. The fourth-order valence-electron chi connectivity index (χ4n) is 3.54. The number of amides is 3. The van der Waals surface area contributed by atoms with Gasteiger partial charge in [0.1, 0.15) is 5.75 Å². The fourth-order valence-corrected chi connectivity index (χ4v) is 3.54. The van der Waals surface area contributed by atoms with Gasteiger partial charge in [-0.05, 0) is 49.4 Å². The van der Waals surface area contributed by atoms with E-state index in [-0.39, 0.29) is 24.1 Å². The van der Waals surface area contributed by atoms with Crippen molar-refractivity contribution in [2.45, 2.75) is 19.8 Å². The Hall–Kier alpha value is -3.95. The molecule has 1 fully saturated rings. The van der Waals surface area contributed by atoms with Crippen LogP contribution >= 0.6 is 0 Å². The van der Waals surface area contributed by atoms with Gasteiger partial charge in [0.05, 0.1) is 4.92 Å². The predicted molar refractivity (Wildman–Crippen MR) is 121 cm³/mol. The zero-order valence-electron chi connectivity index (χ0n) is 18.3. The Morgan fingerprint density at radius 3 is 2.42 bits per heavy atom. The summed E-state index contributed by atoms with van der Waals surface area (Å²) in [5, 5.41) is 15.9. The molecule has 0 bridgehead atoms. The molecule has 2 aromatic rings. The molecule has 0 saturated carbocycles. The smallest absolute Gasteiger partial charge is 0.313 e. The number of piperidine rings is 1. The average Bonchev–Trinajstić information content (AvgIpc) is 2.83. The number of non-ortho nitro benzene ring substituents is 1. The first-order valence-corrected chi connectivity index (χ1v) is 10.6. The molecule has 1 heterocycles. The maximum atomic E-state index is 12.3. The molecule has 2 aromatic carbocycles. The Balaban J connectivity index is 1.38. The van der Waals surface area contributed by atoms with Crippen LogP contribution in [0.1, 0.15) is 18.4 Å². The van der Waals surface area contributed by atoms with Crippen molar-refractivity contribution in [3.05, 3.63) is 64.2 Å². The van der Waals surface area contributed by atoms with Gasteiger partial charge in [-0.3, -0.25) is 24.5 Å². The van der Waals surface area contributed by atoms with E-state index in [0.717, 1.165) is 0 Å². The number of carbonyl (C=O) groups is 3. The molecule has 3 rings (SSSR count). The maximum Gasteiger partial charge on any atom is 0.313 e. The highest BCUT2D eigenvalue weighted by atomic mass is 16.6. The number of para-hydroxylation sites is 1. The SMILES string of the molecule is Cc1cc([N+](=O)[O-])ccc1NC(=O)C(=O)NCC1CCN(C(=O)COc2ccccc2)CC1. The van der Waals surface area contributed by atoms with Crippen molar-refractivity contribution in [3.63, 3.8) is 0 Å². The van der Waals surface area contributed by atoms with E-state index in [9.17, 15) is 24.5 Å². The number of nitro benzene ring substituents is 1. The summed E-state index contributed by atoms with van der Waals surface area (Å²) in [5.41, 5.74) is 0.732. The van der Waals surface area contributed by atoms with Gasteiger partial charge in [0, 0.05) is 37.5 Å². The van der Waals surface area contributed by atoms with E-state index < -0.39 is 16.7 Å². The molecule has 0 radical (unpaired) electrons. The largest absolute Gasteiger partial charge is 0.484 e. The average molecular weight is 454 g/mol. The van der Waals surface area contributed by atoms with E-state index >= 15 is 0 Å². The van der Waals surface area contributed by atoms with Gasteiger partial charge in [-0.1, -0.05) is 18.2 Å². The van der Waals surface area contributed by atoms with E-state index in [1.54, 1.807) is 24.0 Å². The Labute approximate surface area is 191 Å². The summed E-state index contributed by atoms with van der Waals surface area (Å²) in [5.74, 6) is -0.896. The lowest BCUT2D eigenvalue weighted by molar-refractivity contribution is -0.384. The second-order valence-electron chi connectivity index (χ2n) is 7.85. The second-order valence-corrected chi connectivity index (χ2v) is 7.85. The third-order valence-corrected chi connectivity index (χ3v) is 5.50. The number of hydrogen-bond donors (Lipinski definition) is 2. The lowest BCUT2D eigenvalue weighted by Gasteiger charge is -2.32. The maximum absolute atomic E-state index is 12.3. The van der Waals surface area contributed by atoms with Crippen LogP contribution in [0, 0.1) is 23.0 Å². The standard InChI is InChI=1S/C23H26N4O6/c1-16-13-18(27(31)32)7-8-20(16)25-23(30)22(29)24-14-17-9-11-26(12-10-17)21(28)15-33-19-5-3-2-4-6-19/h2-8,13,17H,9-12,14-15H2,1H3,(H,24,29)(H,25,30). The van der Waals surface area contributed by atoms with Gasteiger partial charge in [0.15, 0.2) is 6.61 Å². The number of rotatable bonds is 7. The minimum Gasteiger partial charge on any atom is -0.484 e. The predicted octanol–water partition coefficient (Wildman–Crippen LogP) is 2.28. The summed E-state index contributed by atoms with van der Waals surface area (Å²) in [4.78, 5) is 48.7. The molecule has 3 amide bonds. The molecule has 1 aliphatic rings. The highest BCUT2D eigenvalue weighted by Gasteiger charge is 2.24. The van der Waals surface area contributed by atoms with Gasteiger partial charge in [-0.15, -0.1) is 0 Å². The lowest BCUT2D eigenvalue weighted by atomic mass is 9.96. The van der Waals surface area contributed by atoms with Gasteiger partial charge in [-0.2, -0.15) is 0 Å². The highest BCUT2D eigenvalue weighted by Crippen LogP contribution is 2.21. The Morgan fingerprint density at radius 1 is 1.09 bits per heavy atom. The minimum absolute atomic E-state index is 0.0202. The van der Waals surface area contributed by atoms with Crippen LogP contribution in [0.2, 0.25) is 0 Å². The number of nitrogens with one attached hydrogen (secondary N) is 2. The van der Waals surface area contributed by atoms with Crippen LogP contribution in [0.25, 0.3) is 0 Å². The van der Waals surface area contributed by atoms with Crippen LogP contribution in [0.3, 0.4) is 0 Å². The molecule has 0 atom stereocenters. The zero-order chi connectivity index (χ0) is 23.8. The summed E-state index contributed by atoms with van der Waals surface area (Å²) in [6.07, 6.45) is 1.42. The van der Waals surface area contributed by atoms with E-state index in [0.29, 0.717) is 49.5 Å². The van der Waals surface area contributed by atoms with Gasteiger partial charge in [-0.25, -0.2) is 0 Å².